The summed E-state index contributed by atoms with van der Waals surface area (Å²) >= 11 is 2.83. The van der Waals surface area contributed by atoms with E-state index in [0.717, 1.165) is 114 Å². The Morgan fingerprint density at radius 3 is 1.48 bits per heavy atom. The molecular formula is C94H134KN4O21P2S5+3. The van der Waals surface area contributed by atoms with Crippen molar-refractivity contribution in [3.63, 3.8) is 0 Å². The number of allylic oxidation sites excluding steroid dienone is 10. The van der Waals surface area contributed by atoms with Gasteiger partial charge in [0.05, 0.1) is 55.5 Å². The van der Waals surface area contributed by atoms with Crippen LogP contribution in [0.2, 0.25) is 0 Å². The van der Waals surface area contributed by atoms with Gasteiger partial charge in [-0.25, -0.2) is 4.58 Å². The Morgan fingerprint density at radius 1 is 0.535 bits per heavy atom. The average Bonchev–Trinajstić information content (AvgIpc) is 1.56. The fourth-order valence-electron chi connectivity index (χ4n) is 16.8. The monoisotopic (exact) mass is 1920 g/mol. The molecule has 0 fully saturated rings. The summed E-state index contributed by atoms with van der Waals surface area (Å²) in [5.41, 5.74) is 15.4. The molecule has 4 heterocycles. The van der Waals surface area contributed by atoms with Gasteiger partial charge in [0.25, 0.3) is 33.2 Å². The standard InChI is InChI=1S/C44H63N2O11PS2.C31H40NO2.C19H30NOP.K.2O3S.OS/c1-8-12-26-43(6)36-31-34(5)22-24-38(36)45(28-17-14-18-29-55-33-47)40(43)20-15-13-16-21-41-44(7,27-30-58(48,56-10-3)57-11-4)37-32-35(59(49,50)51)23-25-39(37)46(41)42(19-9-2)60(52,53)54;1-4-5-21-31(3)28-24-26(2)19-20-29(28)32(22-13-8-14-23-34-25-33)30(31)18-12-7-11-17-27-15-9-6-10-16-27;1-6-7-10-14-20-16(2)19(3,13-15-22(4,5)21)17-11-8-9-12-18(17)20;;2*1-4(2)3;1-2/h13,15-16,20-25,31-33,42H,8-12,14,17-19,26-30H2,1-7H3,(H-,49,50,51,52,53,54);6-7,9-12,15-16,18-20,24-25H,4-5,8,13-14,17,21-23H2,1-3H3;9,11-12H,6-7,10,13-15H2,1-5H3;;;;/q;+1;;+1;;;/p+1. The number of fused-ring (bicyclic) bond motifs is 4. The van der Waals surface area contributed by atoms with E-state index in [9.17, 15) is 44.7 Å². The number of anilines is 1. The molecule has 0 bridgehead atoms. The molecule has 33 heteroatoms. The van der Waals surface area contributed by atoms with Gasteiger partial charge in [-0.1, -0.05) is 169 Å². The number of rotatable bonds is 46. The molecule has 694 valence electrons. The Balaban J connectivity index is 0.000000517. The van der Waals surface area contributed by atoms with E-state index >= 15 is 0 Å². The molecule has 2 N–H and O–H groups in total. The van der Waals surface area contributed by atoms with E-state index in [1.165, 1.54) is 111 Å². The Labute approximate surface area is 807 Å². The number of aryl methyl sites for hydroxylation is 2. The molecule has 4 aliphatic rings. The molecule has 4 aliphatic heterocycles. The third kappa shape index (κ3) is 34.3. The van der Waals surface area contributed by atoms with Gasteiger partial charge in [-0.05, 0) is 180 Å². The molecule has 0 amide bonds. The van der Waals surface area contributed by atoms with E-state index in [2.05, 4.69) is 204 Å². The summed E-state index contributed by atoms with van der Waals surface area (Å²) in [5, 5.41) is -1.44. The van der Waals surface area contributed by atoms with E-state index in [-0.39, 0.29) is 99.8 Å². The van der Waals surface area contributed by atoms with Crippen molar-refractivity contribution < 1.29 is 158 Å². The summed E-state index contributed by atoms with van der Waals surface area (Å²) < 4.78 is 185. The van der Waals surface area contributed by atoms with Gasteiger partial charge in [-0.3, -0.25) is 23.3 Å². The topological polar surface area (TPSA) is 346 Å². The van der Waals surface area contributed by atoms with Crippen LogP contribution in [0.5, 0.6) is 0 Å². The van der Waals surface area contributed by atoms with E-state index < -0.39 is 71.9 Å². The fraction of sp³-hybridized carbons (Fsp3) is 0.521. The minimum atomic E-state index is -4.71. The summed E-state index contributed by atoms with van der Waals surface area (Å²) in [5.74, 6) is 0. The van der Waals surface area contributed by atoms with Gasteiger partial charge in [-0.2, -0.15) is 48.4 Å². The molecule has 25 nitrogen and oxygen atoms in total. The van der Waals surface area contributed by atoms with Crippen molar-refractivity contribution in [2.75, 3.05) is 76.6 Å². The molecule has 0 radical (unpaired) electrons. The van der Waals surface area contributed by atoms with Gasteiger partial charge in [0.2, 0.25) is 11.4 Å². The summed E-state index contributed by atoms with van der Waals surface area (Å²) in [4.78, 5) is 22.2. The molecule has 0 spiro atoms. The van der Waals surface area contributed by atoms with Crippen molar-refractivity contribution in [1.82, 2.24) is 0 Å². The molecule has 5 unspecified atom stereocenters. The van der Waals surface area contributed by atoms with Gasteiger partial charge in [0, 0.05) is 90.0 Å². The molecule has 127 heavy (non-hydrogen) atoms. The van der Waals surface area contributed by atoms with Gasteiger partial charge < -0.3 is 28.0 Å². The molecule has 0 aromatic heterocycles. The van der Waals surface area contributed by atoms with E-state index in [1.54, 1.807) is 39.8 Å². The molecule has 0 saturated carbocycles. The average molecular weight is 1920 g/mol. The van der Waals surface area contributed by atoms with Crippen LogP contribution in [0.25, 0.3) is 0 Å². The van der Waals surface area contributed by atoms with Crippen LogP contribution in [-0.4, -0.2) is 176 Å². The summed E-state index contributed by atoms with van der Waals surface area (Å²) in [7, 11) is -21.2. The van der Waals surface area contributed by atoms with Crippen LogP contribution in [0.15, 0.2) is 168 Å². The van der Waals surface area contributed by atoms with Crippen molar-refractivity contribution >= 4 is 122 Å². The second kappa shape index (κ2) is 56.5. The minimum absolute atomic E-state index is 0. The number of nitrogens with zero attached hydrogens (tertiary/aromatic N) is 4. The van der Waals surface area contributed by atoms with Crippen LogP contribution in [0, 0.1) is 19.9 Å². The SMILES string of the molecule is CCCCC1(C)C(C=CC=CC=C2N(C(CCC)S(=O)(=O)O)c3ccc(S(=O)(=O)O)cc3C2(C)CCP(=O)(OCC)OCC)=[N+](CCCCCOC=O)c2ccc(C)cc21.CCCCC1(C)C(C=CC=CCc2ccccc2)=[N+](CCCCCOC=O)c2ccc(C)cc21.CCCCC[N+]1=C(C)C(C)(CCP(C)(C)=O)c2c[c-]ccc21.O=S.O=S(=O)=O.O=S(=O)=O.[K+]. The molecular weight excluding hydrogens is 1780 g/mol. The van der Waals surface area contributed by atoms with E-state index in [0.29, 0.717) is 49.5 Å². The smallest absolute Gasteiger partial charge is 0.468 e. The molecule has 5 atom stereocenters. The second-order valence-corrected chi connectivity index (χ2v) is 42.6. The third-order valence-corrected chi connectivity index (χ3v) is 28.8. The first kappa shape index (κ1) is 115. The first-order chi connectivity index (χ1) is 59.7. The number of ether oxygens (including phenoxy) is 2. The van der Waals surface area contributed by atoms with Crippen molar-refractivity contribution in [3.8, 4) is 0 Å². The maximum absolute atomic E-state index is 13.8. The Bertz CT molecular complexity index is 5240. The number of carbonyl (C=O) groups is 2. The molecule has 5 aromatic rings. The maximum atomic E-state index is 13.8. The van der Waals surface area contributed by atoms with Crippen LogP contribution in [-0.2, 0) is 119 Å². The van der Waals surface area contributed by atoms with Crippen LogP contribution in [0.4, 0.5) is 22.7 Å². The Hall–Kier alpha value is -6.35. The second-order valence-electron chi connectivity index (χ2n) is 33.0. The van der Waals surface area contributed by atoms with Crippen LogP contribution >= 0.6 is 14.7 Å². The van der Waals surface area contributed by atoms with Crippen molar-refractivity contribution in [1.29, 1.82) is 0 Å². The van der Waals surface area contributed by atoms with E-state index in [4.69, 9.17) is 48.0 Å². The minimum Gasteiger partial charge on any atom is -0.468 e. The van der Waals surface area contributed by atoms with Gasteiger partial charge >= 0.3 is 80.2 Å². The molecule has 5 aromatic carbocycles. The Morgan fingerprint density at radius 2 is 1.02 bits per heavy atom. The molecule has 0 aliphatic carbocycles. The van der Waals surface area contributed by atoms with E-state index in [1.807, 2.05) is 31.5 Å². The molecule has 9 rings (SSSR count). The summed E-state index contributed by atoms with van der Waals surface area (Å²) in [6, 6.07) is 37.6. The first-order valence-electron chi connectivity index (χ1n) is 43.4. The number of carbonyl (C=O) groups excluding carboxylic acids is 2. The van der Waals surface area contributed by atoms with Crippen molar-refractivity contribution in [2.24, 2.45) is 0 Å². The first-order valence-corrected chi connectivity index (χ1v) is 53.2. The van der Waals surface area contributed by atoms with Crippen LogP contribution in [0.3, 0.4) is 0 Å². The summed E-state index contributed by atoms with van der Waals surface area (Å²) in [6.07, 6.45) is 37.4. The third-order valence-electron chi connectivity index (χ3n) is 23.4. The quantitative estimate of drug-likeness (QED) is 0.00534. The zero-order valence-electron chi connectivity index (χ0n) is 77.1. The van der Waals surface area contributed by atoms with Gasteiger partial charge in [0.15, 0.2) is 35.0 Å². The van der Waals surface area contributed by atoms with Crippen molar-refractivity contribution in [3.05, 3.63) is 209 Å². The predicted octanol–water partition coefficient (Wildman–Crippen LogP) is 16.5. The number of benzene rings is 5. The predicted molar refractivity (Wildman–Crippen MR) is 503 cm³/mol. The summed E-state index contributed by atoms with van der Waals surface area (Å²) in [6.45, 7) is 36.0. The van der Waals surface area contributed by atoms with Crippen LogP contribution < -0.4 is 56.3 Å². The van der Waals surface area contributed by atoms with Crippen LogP contribution in [0.1, 0.15) is 237 Å². The maximum Gasteiger partial charge on any atom is 1.00 e. The normalized spacial score (nSPS) is 18.6. The zero-order chi connectivity index (χ0) is 94.1. The molecule has 0 saturated heterocycles. The number of hydrogen-bond acceptors (Lipinski definition) is 21. The van der Waals surface area contributed by atoms with Crippen molar-refractivity contribution in [2.45, 2.75) is 250 Å². The van der Waals surface area contributed by atoms with Gasteiger partial charge in [-0.15, -0.1) is 31.3 Å². The Kier molecular flexibility index (Phi) is 51.1. The number of unbranched alkanes of at least 4 members (excludes halogenated alkanes) is 8. The zero-order valence-corrected chi connectivity index (χ0v) is 86.1. The van der Waals surface area contributed by atoms with Gasteiger partial charge in [0.1, 0.15) is 25.3 Å². The largest absolute Gasteiger partial charge is 1.00 e. The number of hydrogen-bond donors (Lipinski definition) is 2. The fourth-order valence-corrected chi connectivity index (χ4v) is 21.2.